The highest BCUT2D eigenvalue weighted by Crippen LogP contribution is 2.41. The summed E-state index contributed by atoms with van der Waals surface area (Å²) in [6, 6.07) is 14.5. The molecule has 2 N–H and O–H groups in total. The third kappa shape index (κ3) is 2.83. The molecule has 1 amide bonds. The maximum Gasteiger partial charge on any atom is 0.407 e. The molecule has 1 aliphatic heterocycles. The molecule has 0 bridgehead atoms. The van der Waals surface area contributed by atoms with E-state index in [2.05, 4.69) is 67.2 Å². The van der Waals surface area contributed by atoms with Gasteiger partial charge in [-0.15, -0.1) is 0 Å². The molecular formula is C22H25N3O2. The molecule has 2 aromatic carbocycles. The Balaban J connectivity index is 1.86. The average Bonchev–Trinajstić information content (AvgIpc) is 2.96. The molecule has 1 aromatic heterocycles. The second-order valence-electron chi connectivity index (χ2n) is 7.26. The molecule has 4 rings (SSSR count). The van der Waals surface area contributed by atoms with Gasteiger partial charge in [-0.05, 0) is 31.5 Å². The summed E-state index contributed by atoms with van der Waals surface area (Å²) in [4.78, 5) is 13.3. The fourth-order valence-electron chi connectivity index (χ4n) is 4.35. The number of hydrogen-bond donors (Lipinski definition) is 2. The van der Waals surface area contributed by atoms with Gasteiger partial charge in [0.05, 0.1) is 17.2 Å². The highest BCUT2D eigenvalue weighted by atomic mass is 16.4. The number of carboxylic acid groups (broad SMARTS) is 1. The second-order valence-corrected chi connectivity index (χ2v) is 7.26. The van der Waals surface area contributed by atoms with Crippen LogP contribution in [0.15, 0.2) is 42.5 Å². The second kappa shape index (κ2) is 6.65. The van der Waals surface area contributed by atoms with Crippen LogP contribution in [0.1, 0.15) is 36.2 Å². The maximum absolute atomic E-state index is 11.7. The van der Waals surface area contributed by atoms with Gasteiger partial charge in [0, 0.05) is 42.3 Å². The number of fused-ring (bicyclic) bond motifs is 3. The molecule has 140 valence electrons. The fourth-order valence-corrected chi connectivity index (χ4v) is 4.35. The van der Waals surface area contributed by atoms with Crippen LogP contribution in [0.2, 0.25) is 0 Å². The molecule has 5 nitrogen and oxygen atoms in total. The first-order valence-electron chi connectivity index (χ1n) is 9.44. The van der Waals surface area contributed by atoms with Crippen LogP contribution in [-0.2, 0) is 13.5 Å². The van der Waals surface area contributed by atoms with Gasteiger partial charge in [0.2, 0.25) is 0 Å². The normalized spacial score (nSPS) is 16.4. The molecule has 0 aliphatic carbocycles. The number of hydrogen-bond acceptors (Lipinski definition) is 2. The smallest absolute Gasteiger partial charge is 0.407 e. The zero-order chi connectivity index (χ0) is 19.1. The predicted octanol–water partition coefficient (Wildman–Crippen LogP) is 5.22. The molecule has 0 fully saturated rings. The van der Waals surface area contributed by atoms with E-state index in [-0.39, 0.29) is 6.04 Å². The van der Waals surface area contributed by atoms with E-state index in [4.69, 9.17) is 0 Å². The first kappa shape index (κ1) is 17.5. The topological polar surface area (TPSA) is 57.5 Å². The van der Waals surface area contributed by atoms with Crippen molar-refractivity contribution in [1.82, 2.24) is 9.47 Å². The Hall–Kier alpha value is -2.95. The Morgan fingerprint density at radius 2 is 1.96 bits per heavy atom. The van der Waals surface area contributed by atoms with E-state index in [9.17, 15) is 9.90 Å². The Kier molecular flexibility index (Phi) is 4.30. The number of carbonyl (C=O) groups is 1. The third-order valence-electron chi connectivity index (χ3n) is 5.64. The number of nitrogens with zero attached hydrogens (tertiary/aromatic N) is 2. The minimum Gasteiger partial charge on any atom is -0.465 e. The highest BCUT2D eigenvalue weighted by molar-refractivity contribution is 5.97. The van der Waals surface area contributed by atoms with Crippen molar-refractivity contribution in [2.45, 2.75) is 32.7 Å². The van der Waals surface area contributed by atoms with E-state index >= 15 is 0 Å². The number of aromatic nitrogens is 1. The lowest BCUT2D eigenvalue weighted by atomic mass is 9.94. The third-order valence-corrected chi connectivity index (χ3v) is 5.64. The number of nitrogens with one attached hydrogen (secondary N) is 1. The number of amides is 1. The van der Waals surface area contributed by atoms with Gasteiger partial charge in [0.15, 0.2) is 0 Å². The van der Waals surface area contributed by atoms with Gasteiger partial charge in [0.1, 0.15) is 0 Å². The molecule has 3 aromatic rings. The van der Waals surface area contributed by atoms with E-state index in [0.29, 0.717) is 6.54 Å². The number of rotatable bonds is 3. The van der Waals surface area contributed by atoms with E-state index in [1.807, 2.05) is 6.07 Å². The van der Waals surface area contributed by atoms with Crippen LogP contribution in [0.4, 0.5) is 16.2 Å². The van der Waals surface area contributed by atoms with Gasteiger partial charge in [-0.2, -0.15) is 0 Å². The standard InChI is InChI=1S/C22H25N3O2/c1-4-18-20-16-6-5-7-17(23-15-10-8-14(2)9-11-15)21(16)24(3)19(20)12-13-25(18)22(26)27/h5-11,18,23H,4,12-13H2,1-3H3,(H,26,27). The van der Waals surface area contributed by atoms with Gasteiger partial charge in [-0.1, -0.05) is 36.8 Å². The number of para-hydroxylation sites is 1. The summed E-state index contributed by atoms with van der Waals surface area (Å²) in [5.41, 5.74) is 6.86. The SMILES string of the molecule is CCC1c2c(n(C)c3c(Nc4ccc(C)cc4)cccc23)CCN1C(=O)O. The van der Waals surface area contributed by atoms with Crippen LogP contribution in [0.3, 0.4) is 0 Å². The van der Waals surface area contributed by atoms with Crippen LogP contribution < -0.4 is 5.32 Å². The van der Waals surface area contributed by atoms with Gasteiger partial charge in [-0.3, -0.25) is 0 Å². The molecular weight excluding hydrogens is 338 g/mol. The highest BCUT2D eigenvalue weighted by Gasteiger charge is 2.33. The summed E-state index contributed by atoms with van der Waals surface area (Å²) >= 11 is 0. The van der Waals surface area contributed by atoms with Crippen LogP contribution in [0.25, 0.3) is 10.9 Å². The zero-order valence-electron chi connectivity index (χ0n) is 16.0. The number of anilines is 2. The Labute approximate surface area is 159 Å². The van der Waals surface area contributed by atoms with Crippen molar-refractivity contribution < 1.29 is 9.90 Å². The Morgan fingerprint density at radius 3 is 2.63 bits per heavy atom. The molecule has 0 radical (unpaired) electrons. The first-order valence-corrected chi connectivity index (χ1v) is 9.44. The van der Waals surface area contributed by atoms with E-state index in [1.54, 1.807) is 4.90 Å². The Bertz CT molecular complexity index is 1000. The molecule has 0 saturated carbocycles. The summed E-state index contributed by atoms with van der Waals surface area (Å²) < 4.78 is 2.24. The molecule has 0 spiro atoms. The molecule has 27 heavy (non-hydrogen) atoms. The Morgan fingerprint density at radius 1 is 1.22 bits per heavy atom. The van der Waals surface area contributed by atoms with Crippen LogP contribution in [0.5, 0.6) is 0 Å². The van der Waals surface area contributed by atoms with Crippen molar-refractivity contribution >= 4 is 28.4 Å². The lowest BCUT2D eigenvalue weighted by molar-refractivity contribution is 0.118. The zero-order valence-corrected chi connectivity index (χ0v) is 16.0. The summed E-state index contributed by atoms with van der Waals surface area (Å²) in [5.74, 6) is 0. The molecule has 1 atom stereocenters. The number of aryl methyl sites for hydroxylation is 2. The molecule has 1 unspecified atom stereocenters. The van der Waals surface area contributed by atoms with Crippen LogP contribution in [-0.4, -0.2) is 27.2 Å². The maximum atomic E-state index is 11.7. The van der Waals surface area contributed by atoms with Crippen molar-refractivity contribution in [3.05, 3.63) is 59.3 Å². The van der Waals surface area contributed by atoms with Gasteiger partial charge in [0.25, 0.3) is 0 Å². The van der Waals surface area contributed by atoms with E-state index in [0.717, 1.165) is 40.7 Å². The lowest BCUT2D eigenvalue weighted by Gasteiger charge is -2.33. The largest absolute Gasteiger partial charge is 0.465 e. The lowest BCUT2D eigenvalue weighted by Crippen LogP contribution is -2.39. The van der Waals surface area contributed by atoms with Crippen molar-refractivity contribution in [3.63, 3.8) is 0 Å². The van der Waals surface area contributed by atoms with Crippen molar-refractivity contribution in [1.29, 1.82) is 0 Å². The van der Waals surface area contributed by atoms with E-state index in [1.165, 1.54) is 11.3 Å². The van der Waals surface area contributed by atoms with E-state index < -0.39 is 6.09 Å². The first-order chi connectivity index (χ1) is 13.0. The summed E-state index contributed by atoms with van der Waals surface area (Å²) in [7, 11) is 2.09. The minimum atomic E-state index is -0.835. The summed E-state index contributed by atoms with van der Waals surface area (Å²) in [6.07, 6.45) is 0.680. The van der Waals surface area contributed by atoms with Gasteiger partial charge < -0.3 is 19.9 Å². The van der Waals surface area contributed by atoms with Crippen molar-refractivity contribution in [2.24, 2.45) is 7.05 Å². The fraction of sp³-hybridized carbons (Fsp3) is 0.318. The predicted molar refractivity (Wildman–Crippen MR) is 109 cm³/mol. The van der Waals surface area contributed by atoms with Gasteiger partial charge in [-0.25, -0.2) is 4.79 Å². The average molecular weight is 363 g/mol. The van der Waals surface area contributed by atoms with Crippen LogP contribution >= 0.6 is 0 Å². The molecule has 5 heteroatoms. The molecule has 2 heterocycles. The quantitative estimate of drug-likeness (QED) is 0.671. The summed E-state index contributed by atoms with van der Waals surface area (Å²) in [6.45, 7) is 4.68. The monoisotopic (exact) mass is 363 g/mol. The van der Waals surface area contributed by atoms with Crippen molar-refractivity contribution in [2.75, 3.05) is 11.9 Å². The molecule has 1 aliphatic rings. The molecule has 0 saturated heterocycles. The van der Waals surface area contributed by atoms with Crippen molar-refractivity contribution in [3.8, 4) is 0 Å². The summed E-state index contributed by atoms with van der Waals surface area (Å²) in [5, 5.41) is 14.3. The number of benzene rings is 2. The van der Waals surface area contributed by atoms with Crippen LogP contribution in [0, 0.1) is 6.92 Å². The van der Waals surface area contributed by atoms with Gasteiger partial charge >= 0.3 is 6.09 Å². The minimum absolute atomic E-state index is 0.0930.